The first-order valence-electron chi connectivity index (χ1n) is 7.81. The van der Waals surface area contributed by atoms with Gasteiger partial charge in [0.2, 0.25) is 11.8 Å². The molecule has 0 radical (unpaired) electrons. The lowest BCUT2D eigenvalue weighted by molar-refractivity contribution is -0.142. The Hall–Kier alpha value is -2.83. The number of hydrogen-bond donors (Lipinski definition) is 3. The minimum absolute atomic E-state index is 0.0985. The number of amides is 2. The van der Waals surface area contributed by atoms with Crippen LogP contribution in [-0.2, 0) is 20.8 Å². The minimum Gasteiger partial charge on any atom is -0.480 e. The number of H-pyrrole nitrogens is 1. The number of para-hydroxylation sites is 1. The number of nitrogens with one attached hydrogen (secondary N) is 2. The number of likely N-dealkylation sites (tertiary alicyclic amines) is 1. The fourth-order valence-electron chi connectivity index (χ4n) is 3.10. The smallest absolute Gasteiger partial charge is 0.326 e. The largest absolute Gasteiger partial charge is 0.480 e. The zero-order valence-corrected chi connectivity index (χ0v) is 13.3. The second kappa shape index (κ2) is 6.35. The summed E-state index contributed by atoms with van der Waals surface area (Å²) < 4.78 is 0. The van der Waals surface area contributed by atoms with E-state index in [0.717, 1.165) is 16.5 Å². The highest BCUT2D eigenvalue weighted by Gasteiger charge is 2.35. The number of carbonyl (C=O) groups is 3. The molecule has 7 nitrogen and oxygen atoms in total. The fraction of sp³-hybridized carbons (Fsp3) is 0.353. The van der Waals surface area contributed by atoms with Crippen molar-refractivity contribution in [3.8, 4) is 0 Å². The van der Waals surface area contributed by atoms with Crippen LogP contribution in [0.1, 0.15) is 18.4 Å². The van der Waals surface area contributed by atoms with Gasteiger partial charge < -0.3 is 20.3 Å². The number of likely N-dealkylation sites (N-methyl/N-ethyl adjacent to an activating group) is 1. The van der Waals surface area contributed by atoms with E-state index in [1.165, 1.54) is 4.90 Å². The van der Waals surface area contributed by atoms with Gasteiger partial charge in [-0.25, -0.2) is 4.79 Å². The minimum atomic E-state index is -1.10. The van der Waals surface area contributed by atoms with Gasteiger partial charge in [-0.1, -0.05) is 18.2 Å². The molecule has 0 saturated carbocycles. The van der Waals surface area contributed by atoms with E-state index in [9.17, 15) is 19.5 Å². The van der Waals surface area contributed by atoms with Gasteiger partial charge in [0.25, 0.3) is 0 Å². The van der Waals surface area contributed by atoms with E-state index in [2.05, 4.69) is 10.3 Å². The summed E-state index contributed by atoms with van der Waals surface area (Å²) in [6, 6.07) is 5.96. The summed E-state index contributed by atoms with van der Waals surface area (Å²) in [6.45, 7) is 0. The Morgan fingerprint density at radius 1 is 1.42 bits per heavy atom. The number of rotatable bonds is 5. The van der Waals surface area contributed by atoms with Gasteiger partial charge in [-0.15, -0.1) is 0 Å². The highest BCUT2D eigenvalue weighted by atomic mass is 16.4. The molecule has 1 saturated heterocycles. The predicted octanol–water partition coefficient (Wildman–Crippen LogP) is 0.901. The Balaban J connectivity index is 1.75. The Morgan fingerprint density at radius 2 is 2.17 bits per heavy atom. The molecule has 126 valence electrons. The molecule has 2 amide bonds. The maximum Gasteiger partial charge on any atom is 0.326 e. The molecule has 0 spiro atoms. The maximum absolute atomic E-state index is 12.3. The summed E-state index contributed by atoms with van der Waals surface area (Å²) in [7, 11) is 1.56. The van der Waals surface area contributed by atoms with E-state index in [1.807, 2.05) is 24.3 Å². The van der Waals surface area contributed by atoms with Crippen molar-refractivity contribution in [1.29, 1.82) is 0 Å². The lowest BCUT2D eigenvalue weighted by atomic mass is 10.0. The number of hydrogen-bond acceptors (Lipinski definition) is 3. The van der Waals surface area contributed by atoms with Crippen LogP contribution < -0.4 is 5.32 Å². The molecule has 3 N–H and O–H groups in total. The molecule has 1 aromatic carbocycles. The molecule has 24 heavy (non-hydrogen) atoms. The van der Waals surface area contributed by atoms with Crippen molar-refractivity contribution in [1.82, 2.24) is 15.2 Å². The molecule has 3 rings (SSSR count). The number of fused-ring (bicyclic) bond motifs is 1. The summed E-state index contributed by atoms with van der Waals surface area (Å²) >= 11 is 0. The lowest BCUT2D eigenvalue weighted by Crippen LogP contribution is -2.50. The second-order valence-electron chi connectivity index (χ2n) is 6.02. The third-order valence-corrected chi connectivity index (χ3v) is 4.51. The van der Waals surface area contributed by atoms with E-state index < -0.39 is 24.0 Å². The molecule has 1 aliphatic rings. The van der Waals surface area contributed by atoms with Gasteiger partial charge in [-0.05, 0) is 18.1 Å². The Morgan fingerprint density at radius 3 is 2.83 bits per heavy atom. The van der Waals surface area contributed by atoms with E-state index in [1.54, 1.807) is 13.2 Å². The number of carboxylic acids is 1. The first kappa shape index (κ1) is 16.0. The molecule has 0 bridgehead atoms. The first-order valence-corrected chi connectivity index (χ1v) is 7.81. The van der Waals surface area contributed by atoms with Crippen molar-refractivity contribution in [2.24, 2.45) is 0 Å². The standard InChI is InChI=1S/C17H19N3O4/c1-20-14(6-7-15(20)21)16(22)19-13(17(23)24)8-10-9-18-12-5-3-2-4-11(10)12/h2-5,9,13-14,18H,6-8H2,1H3,(H,19,22)(H,23,24)/t13-,14-/m1/s1. The predicted molar refractivity (Wildman–Crippen MR) is 87.4 cm³/mol. The summed E-state index contributed by atoms with van der Waals surface area (Å²) in [4.78, 5) is 39.9. The Bertz CT molecular complexity index is 798. The number of carboxylic acid groups (broad SMARTS) is 1. The SMILES string of the molecule is CN1C(=O)CC[C@@H]1C(=O)N[C@H](Cc1c[nH]c2ccccc12)C(=O)O. The normalized spacial score (nSPS) is 18.8. The van der Waals surface area contributed by atoms with Gasteiger partial charge in [0, 0.05) is 37.0 Å². The number of benzene rings is 1. The van der Waals surface area contributed by atoms with Crippen LogP contribution in [0.25, 0.3) is 10.9 Å². The molecule has 0 unspecified atom stereocenters. The van der Waals surface area contributed by atoms with Crippen molar-refractivity contribution in [2.75, 3.05) is 7.05 Å². The zero-order chi connectivity index (χ0) is 17.3. The van der Waals surface area contributed by atoms with Gasteiger partial charge in [-0.2, -0.15) is 0 Å². The van der Waals surface area contributed by atoms with Crippen molar-refractivity contribution >= 4 is 28.7 Å². The molecule has 2 atom stereocenters. The van der Waals surface area contributed by atoms with Crippen LogP contribution in [0.5, 0.6) is 0 Å². The third kappa shape index (κ3) is 2.97. The first-order chi connectivity index (χ1) is 11.5. The molecule has 2 heterocycles. The summed E-state index contributed by atoms with van der Waals surface area (Å²) in [5, 5.41) is 13.0. The average Bonchev–Trinajstić information content (AvgIpc) is 3.11. The highest BCUT2D eigenvalue weighted by Crippen LogP contribution is 2.20. The number of aromatic nitrogens is 1. The van der Waals surface area contributed by atoms with Crippen molar-refractivity contribution in [3.63, 3.8) is 0 Å². The van der Waals surface area contributed by atoms with Crippen LogP contribution in [0, 0.1) is 0 Å². The van der Waals surface area contributed by atoms with Crippen molar-refractivity contribution in [3.05, 3.63) is 36.0 Å². The molecule has 1 fully saturated rings. The van der Waals surface area contributed by atoms with Crippen LogP contribution in [0.15, 0.2) is 30.5 Å². The van der Waals surface area contributed by atoms with Gasteiger partial charge in [0.15, 0.2) is 0 Å². The number of carbonyl (C=O) groups excluding carboxylic acids is 2. The molecular formula is C17H19N3O4. The monoisotopic (exact) mass is 329 g/mol. The summed E-state index contributed by atoms with van der Waals surface area (Å²) in [5.74, 6) is -1.62. The van der Waals surface area contributed by atoms with Crippen molar-refractivity contribution < 1.29 is 19.5 Å². The van der Waals surface area contributed by atoms with Crippen LogP contribution in [0.4, 0.5) is 0 Å². The van der Waals surface area contributed by atoms with Gasteiger partial charge in [0.05, 0.1) is 0 Å². The van der Waals surface area contributed by atoms with Crippen LogP contribution in [0.3, 0.4) is 0 Å². The third-order valence-electron chi connectivity index (χ3n) is 4.51. The topological polar surface area (TPSA) is 103 Å². The van der Waals surface area contributed by atoms with E-state index in [4.69, 9.17) is 0 Å². The van der Waals surface area contributed by atoms with Crippen LogP contribution in [0.2, 0.25) is 0 Å². The Kier molecular flexibility index (Phi) is 4.24. The highest BCUT2D eigenvalue weighted by molar-refractivity contribution is 5.93. The summed E-state index contributed by atoms with van der Waals surface area (Å²) in [5.41, 5.74) is 1.75. The number of aliphatic carboxylic acids is 1. The summed E-state index contributed by atoms with van der Waals surface area (Å²) in [6.07, 6.45) is 2.67. The second-order valence-corrected chi connectivity index (χ2v) is 6.02. The fourth-order valence-corrected chi connectivity index (χ4v) is 3.10. The molecule has 0 aliphatic carbocycles. The average molecular weight is 329 g/mol. The molecule has 7 heteroatoms. The van der Waals surface area contributed by atoms with Crippen LogP contribution >= 0.6 is 0 Å². The molecule has 1 aliphatic heterocycles. The zero-order valence-electron chi connectivity index (χ0n) is 13.3. The van der Waals surface area contributed by atoms with Gasteiger partial charge >= 0.3 is 5.97 Å². The quantitative estimate of drug-likeness (QED) is 0.758. The van der Waals surface area contributed by atoms with Gasteiger partial charge in [-0.3, -0.25) is 9.59 Å². The Labute approximate surface area is 138 Å². The van der Waals surface area contributed by atoms with E-state index >= 15 is 0 Å². The van der Waals surface area contributed by atoms with E-state index in [0.29, 0.717) is 12.8 Å². The van der Waals surface area contributed by atoms with E-state index in [-0.39, 0.29) is 12.3 Å². The number of nitrogens with zero attached hydrogens (tertiary/aromatic N) is 1. The molecule has 1 aromatic heterocycles. The molecule has 2 aromatic rings. The van der Waals surface area contributed by atoms with Crippen LogP contribution in [-0.4, -0.2) is 51.9 Å². The van der Waals surface area contributed by atoms with Gasteiger partial charge in [0.1, 0.15) is 12.1 Å². The number of aromatic amines is 1. The maximum atomic E-state index is 12.3. The lowest BCUT2D eigenvalue weighted by Gasteiger charge is -2.22. The van der Waals surface area contributed by atoms with Crippen molar-refractivity contribution in [2.45, 2.75) is 31.3 Å². The molecular weight excluding hydrogens is 310 g/mol.